The maximum Gasteiger partial charge on any atom is 0.243 e. The minimum absolute atomic E-state index is 0.0770. The van der Waals surface area contributed by atoms with Crippen LogP contribution in [0.15, 0.2) is 54.6 Å². The van der Waals surface area contributed by atoms with Crippen molar-refractivity contribution in [2.24, 2.45) is 0 Å². The average molecular weight is 310 g/mol. The summed E-state index contributed by atoms with van der Waals surface area (Å²) in [7, 11) is 0. The summed E-state index contributed by atoms with van der Waals surface area (Å²) in [6.45, 7) is 0.208. The molecule has 0 spiro atoms. The van der Waals surface area contributed by atoms with Gasteiger partial charge >= 0.3 is 0 Å². The fraction of sp³-hybridized carbons (Fsp3) is 0.316. The molecule has 1 fully saturated rings. The normalized spacial score (nSPS) is 14.4. The smallest absolute Gasteiger partial charge is 0.243 e. The highest BCUT2D eigenvalue weighted by Gasteiger charge is 2.17. The molecule has 2 N–H and O–H groups in total. The Kier molecular flexibility index (Phi) is 5.14. The second kappa shape index (κ2) is 7.68. The zero-order chi connectivity index (χ0) is 15.9. The molecule has 0 radical (unpaired) electrons. The van der Waals surface area contributed by atoms with Gasteiger partial charge in [0.2, 0.25) is 5.91 Å². The van der Waals surface area contributed by atoms with Crippen molar-refractivity contribution in [2.45, 2.75) is 31.8 Å². The molecule has 23 heavy (non-hydrogen) atoms. The summed E-state index contributed by atoms with van der Waals surface area (Å²) in [6, 6.07) is 17.3. The van der Waals surface area contributed by atoms with Gasteiger partial charge in [-0.15, -0.1) is 0 Å². The minimum atomic E-state index is -0.0770. The topological polar surface area (TPSA) is 50.4 Å². The van der Waals surface area contributed by atoms with E-state index < -0.39 is 0 Å². The van der Waals surface area contributed by atoms with Crippen LogP contribution in [0.5, 0.6) is 5.75 Å². The number of carbonyl (C=O) groups is 1. The summed E-state index contributed by atoms with van der Waals surface area (Å²) in [4.78, 5) is 12.0. The van der Waals surface area contributed by atoms with Crippen molar-refractivity contribution >= 4 is 17.3 Å². The summed E-state index contributed by atoms with van der Waals surface area (Å²) >= 11 is 0. The Labute approximate surface area is 136 Å². The summed E-state index contributed by atoms with van der Waals surface area (Å²) in [5, 5.41) is 6.03. The monoisotopic (exact) mass is 310 g/mol. The van der Waals surface area contributed by atoms with Gasteiger partial charge in [-0.3, -0.25) is 4.79 Å². The van der Waals surface area contributed by atoms with Gasteiger partial charge in [-0.25, -0.2) is 0 Å². The first kappa shape index (κ1) is 15.4. The van der Waals surface area contributed by atoms with Gasteiger partial charge in [-0.1, -0.05) is 30.3 Å². The Morgan fingerprint density at radius 1 is 1.00 bits per heavy atom. The molecule has 1 amide bonds. The molecule has 1 saturated carbocycles. The molecular formula is C19H22N2O2. The molecule has 0 saturated heterocycles. The Morgan fingerprint density at radius 2 is 1.70 bits per heavy atom. The molecule has 0 bridgehead atoms. The molecule has 1 aliphatic carbocycles. The number of amides is 1. The summed E-state index contributed by atoms with van der Waals surface area (Å²) in [6.07, 6.45) is 5.00. The van der Waals surface area contributed by atoms with Gasteiger partial charge in [-0.05, 0) is 49.9 Å². The molecule has 4 heteroatoms. The highest BCUT2D eigenvalue weighted by molar-refractivity contribution is 5.93. The molecule has 0 aliphatic heterocycles. The molecule has 0 unspecified atom stereocenters. The highest BCUT2D eigenvalue weighted by atomic mass is 16.5. The van der Waals surface area contributed by atoms with Crippen LogP contribution in [0.4, 0.5) is 11.4 Å². The molecule has 4 nitrogen and oxygen atoms in total. The molecule has 3 rings (SSSR count). The maximum atomic E-state index is 12.0. The van der Waals surface area contributed by atoms with Crippen LogP contribution in [-0.2, 0) is 4.79 Å². The number of para-hydroxylation sites is 3. The molecule has 2 aromatic carbocycles. The number of hydrogen-bond donors (Lipinski definition) is 2. The first-order valence-electron chi connectivity index (χ1n) is 8.16. The van der Waals surface area contributed by atoms with Crippen molar-refractivity contribution in [2.75, 3.05) is 17.2 Å². The minimum Gasteiger partial charge on any atom is -0.488 e. The lowest BCUT2D eigenvalue weighted by Crippen LogP contribution is -2.22. The first-order valence-corrected chi connectivity index (χ1v) is 8.16. The zero-order valence-corrected chi connectivity index (χ0v) is 13.1. The van der Waals surface area contributed by atoms with Crippen LogP contribution >= 0.6 is 0 Å². The predicted octanol–water partition coefficient (Wildman–Crippen LogP) is 4.06. The van der Waals surface area contributed by atoms with Crippen LogP contribution in [0.1, 0.15) is 25.7 Å². The number of anilines is 2. The largest absolute Gasteiger partial charge is 0.488 e. The second-order valence-electron chi connectivity index (χ2n) is 5.79. The van der Waals surface area contributed by atoms with Crippen molar-refractivity contribution in [1.82, 2.24) is 0 Å². The Hall–Kier alpha value is -2.49. The van der Waals surface area contributed by atoms with E-state index in [1.807, 2.05) is 54.6 Å². The van der Waals surface area contributed by atoms with Gasteiger partial charge in [0, 0.05) is 5.69 Å². The third-order valence-electron chi connectivity index (χ3n) is 3.98. The molecule has 0 atom stereocenters. The standard InChI is InChI=1S/C19H22N2O2/c22-19(21-15-8-2-1-3-9-15)14-20-17-12-6-7-13-18(17)23-16-10-4-5-11-16/h1-3,6-9,12-13,16,20H,4-5,10-11,14H2,(H,21,22). The van der Waals surface area contributed by atoms with Crippen LogP contribution in [0.25, 0.3) is 0 Å². The lowest BCUT2D eigenvalue weighted by atomic mass is 10.2. The third-order valence-corrected chi connectivity index (χ3v) is 3.98. The van der Waals surface area contributed by atoms with Crippen LogP contribution in [0, 0.1) is 0 Å². The van der Waals surface area contributed by atoms with Crippen molar-refractivity contribution in [3.05, 3.63) is 54.6 Å². The molecule has 2 aromatic rings. The number of nitrogens with one attached hydrogen (secondary N) is 2. The molecule has 1 aliphatic rings. The van der Waals surface area contributed by atoms with E-state index in [-0.39, 0.29) is 12.5 Å². The molecule has 0 aromatic heterocycles. The van der Waals surface area contributed by atoms with Crippen LogP contribution in [0.3, 0.4) is 0 Å². The highest BCUT2D eigenvalue weighted by Crippen LogP contribution is 2.29. The summed E-state index contributed by atoms with van der Waals surface area (Å²) in [5.41, 5.74) is 1.66. The van der Waals surface area contributed by atoms with Gasteiger partial charge in [0.1, 0.15) is 5.75 Å². The van der Waals surface area contributed by atoms with Crippen molar-refractivity contribution < 1.29 is 9.53 Å². The SMILES string of the molecule is O=C(CNc1ccccc1OC1CCCC1)Nc1ccccc1. The molecular weight excluding hydrogens is 288 g/mol. The Bertz CT molecular complexity index is 637. The van der Waals surface area contributed by atoms with Crippen LogP contribution in [-0.4, -0.2) is 18.6 Å². The number of carbonyl (C=O) groups excluding carboxylic acids is 1. The van der Waals surface area contributed by atoms with Crippen molar-refractivity contribution in [1.29, 1.82) is 0 Å². The Balaban J connectivity index is 1.56. The fourth-order valence-electron chi connectivity index (χ4n) is 2.80. The first-order chi connectivity index (χ1) is 11.3. The Morgan fingerprint density at radius 3 is 2.48 bits per heavy atom. The van der Waals surface area contributed by atoms with E-state index >= 15 is 0 Å². The van der Waals surface area contributed by atoms with Crippen LogP contribution in [0.2, 0.25) is 0 Å². The predicted molar refractivity (Wildman–Crippen MR) is 92.9 cm³/mol. The van der Waals surface area contributed by atoms with Crippen molar-refractivity contribution in [3.8, 4) is 5.75 Å². The summed E-state index contributed by atoms with van der Waals surface area (Å²) < 4.78 is 6.06. The van der Waals surface area contributed by atoms with Crippen LogP contribution < -0.4 is 15.4 Å². The average Bonchev–Trinajstić information content (AvgIpc) is 3.08. The van der Waals surface area contributed by atoms with E-state index in [9.17, 15) is 4.79 Å². The van der Waals surface area contributed by atoms with Crippen molar-refractivity contribution in [3.63, 3.8) is 0 Å². The van der Waals surface area contributed by atoms with E-state index in [1.165, 1.54) is 12.8 Å². The third kappa shape index (κ3) is 4.49. The quantitative estimate of drug-likeness (QED) is 0.846. The van der Waals surface area contributed by atoms with Gasteiger partial charge in [0.25, 0.3) is 0 Å². The van der Waals surface area contributed by atoms with E-state index in [2.05, 4.69) is 10.6 Å². The van der Waals surface area contributed by atoms with E-state index in [0.29, 0.717) is 6.10 Å². The van der Waals surface area contributed by atoms with Gasteiger partial charge in [-0.2, -0.15) is 0 Å². The number of rotatable bonds is 6. The zero-order valence-electron chi connectivity index (χ0n) is 13.1. The fourth-order valence-corrected chi connectivity index (χ4v) is 2.80. The lowest BCUT2D eigenvalue weighted by molar-refractivity contribution is -0.114. The molecule has 120 valence electrons. The molecule has 0 heterocycles. The number of ether oxygens (including phenoxy) is 1. The number of benzene rings is 2. The van der Waals surface area contributed by atoms with E-state index in [0.717, 1.165) is 30.0 Å². The maximum absolute atomic E-state index is 12.0. The number of hydrogen-bond acceptors (Lipinski definition) is 3. The van der Waals surface area contributed by atoms with Gasteiger partial charge < -0.3 is 15.4 Å². The van der Waals surface area contributed by atoms with E-state index in [1.54, 1.807) is 0 Å². The van der Waals surface area contributed by atoms with E-state index in [4.69, 9.17) is 4.74 Å². The van der Waals surface area contributed by atoms with Gasteiger partial charge in [0.05, 0.1) is 18.3 Å². The second-order valence-corrected chi connectivity index (χ2v) is 5.79. The lowest BCUT2D eigenvalue weighted by Gasteiger charge is -2.17. The summed E-state index contributed by atoms with van der Waals surface area (Å²) in [5.74, 6) is 0.749. The van der Waals surface area contributed by atoms with Gasteiger partial charge in [0.15, 0.2) is 0 Å².